The van der Waals surface area contributed by atoms with E-state index in [9.17, 15) is 14.4 Å². The Balaban J connectivity index is 1.59. The fourth-order valence-electron chi connectivity index (χ4n) is 4.28. The number of primary amides is 1. The molecule has 0 radical (unpaired) electrons. The number of nitrogens with one attached hydrogen (secondary N) is 1. The van der Waals surface area contributed by atoms with Gasteiger partial charge in [-0.2, -0.15) is 11.8 Å². The number of nitrogens with two attached hydrogens (primary N) is 1. The molecule has 3 aromatic rings. The molecule has 1 aliphatic rings. The molecule has 0 spiro atoms. The first-order valence-corrected chi connectivity index (χ1v) is 13.4. The number of aliphatic carboxylic acids is 1. The Hall–Kier alpha value is -3.85. The maximum atomic E-state index is 13.2. The minimum Gasteiger partial charge on any atom is -0.481 e. The van der Waals surface area contributed by atoms with Gasteiger partial charge >= 0.3 is 5.97 Å². The average molecular weight is 519 g/mol. The highest BCUT2D eigenvalue weighted by molar-refractivity contribution is 7.98. The van der Waals surface area contributed by atoms with Crippen molar-refractivity contribution < 1.29 is 19.5 Å². The molecule has 9 heteroatoms. The molecule has 1 fully saturated rings. The Kier molecular flexibility index (Phi) is 8.79. The second-order valence-corrected chi connectivity index (χ2v) is 10.0. The van der Waals surface area contributed by atoms with Crippen molar-refractivity contribution in [3.63, 3.8) is 0 Å². The summed E-state index contributed by atoms with van der Waals surface area (Å²) in [7, 11) is 0. The number of amides is 2. The van der Waals surface area contributed by atoms with Crippen molar-refractivity contribution >= 4 is 40.9 Å². The zero-order valence-electron chi connectivity index (χ0n) is 20.5. The van der Waals surface area contributed by atoms with Crippen molar-refractivity contribution in [1.29, 1.82) is 0 Å². The summed E-state index contributed by atoms with van der Waals surface area (Å²) >= 11 is 1.51. The van der Waals surface area contributed by atoms with E-state index in [1.807, 2.05) is 36.4 Å². The Labute approximate surface area is 220 Å². The largest absolute Gasteiger partial charge is 0.481 e. The van der Waals surface area contributed by atoms with Gasteiger partial charge in [0.1, 0.15) is 0 Å². The number of rotatable bonds is 10. The predicted molar refractivity (Wildman–Crippen MR) is 147 cm³/mol. The normalized spacial score (nSPS) is 13.2. The molecule has 0 unspecified atom stereocenters. The van der Waals surface area contributed by atoms with Crippen molar-refractivity contribution in [2.45, 2.75) is 31.4 Å². The lowest BCUT2D eigenvalue weighted by Crippen LogP contribution is -2.29. The van der Waals surface area contributed by atoms with Crippen LogP contribution >= 0.6 is 11.8 Å². The van der Waals surface area contributed by atoms with Crippen molar-refractivity contribution in [3.05, 3.63) is 77.5 Å². The molecule has 2 heterocycles. The standard InChI is InChI=1S/C28H30N4O4S/c29-27(35)20-9-11-30-25(16-20)23-17-22(32-12-2-1-3-13-32)7-8-24(23)31-28(36)21-6-4-5-19(15-21)18-37-14-10-26(33)34/h4-9,11,15-17H,1-3,10,12-14,18H2,(H2,29,35)(H,31,36)(H,33,34). The molecule has 2 amide bonds. The van der Waals surface area contributed by atoms with Gasteiger partial charge in [0.2, 0.25) is 5.91 Å². The molecule has 0 saturated carbocycles. The van der Waals surface area contributed by atoms with Gasteiger partial charge in [-0.15, -0.1) is 0 Å². The zero-order valence-corrected chi connectivity index (χ0v) is 21.3. The molecule has 1 aromatic heterocycles. The number of aromatic nitrogens is 1. The molecular formula is C28H30N4O4S. The van der Waals surface area contributed by atoms with Gasteiger partial charge in [0.05, 0.1) is 17.8 Å². The third kappa shape index (κ3) is 7.10. The average Bonchev–Trinajstić information content (AvgIpc) is 2.92. The Morgan fingerprint density at radius 3 is 2.57 bits per heavy atom. The first-order valence-electron chi connectivity index (χ1n) is 12.3. The first kappa shape index (κ1) is 26.2. The number of hydrogen-bond acceptors (Lipinski definition) is 6. The van der Waals surface area contributed by atoms with E-state index < -0.39 is 11.9 Å². The molecular weight excluding hydrogens is 488 g/mol. The van der Waals surface area contributed by atoms with E-state index in [4.69, 9.17) is 10.8 Å². The van der Waals surface area contributed by atoms with Crippen LogP contribution in [0.2, 0.25) is 0 Å². The first-order chi connectivity index (χ1) is 17.9. The van der Waals surface area contributed by atoms with Crippen LogP contribution in [0.3, 0.4) is 0 Å². The van der Waals surface area contributed by atoms with Crippen molar-refractivity contribution in [2.24, 2.45) is 5.73 Å². The van der Waals surface area contributed by atoms with E-state index in [2.05, 4.69) is 15.2 Å². The third-order valence-corrected chi connectivity index (χ3v) is 7.24. The number of pyridine rings is 1. The van der Waals surface area contributed by atoms with Gasteiger partial charge in [-0.3, -0.25) is 19.4 Å². The predicted octanol–water partition coefficient (Wildman–Crippen LogP) is 4.80. The second kappa shape index (κ2) is 12.4. The van der Waals surface area contributed by atoms with Crippen LogP contribution in [0.25, 0.3) is 11.3 Å². The topological polar surface area (TPSA) is 126 Å². The van der Waals surface area contributed by atoms with Gasteiger partial charge in [-0.25, -0.2) is 0 Å². The minimum atomic E-state index is -0.821. The van der Waals surface area contributed by atoms with Crippen LogP contribution in [-0.4, -0.2) is 46.7 Å². The number of carbonyl (C=O) groups is 3. The van der Waals surface area contributed by atoms with E-state index in [0.717, 1.165) is 37.2 Å². The molecule has 8 nitrogen and oxygen atoms in total. The number of piperidine rings is 1. The lowest BCUT2D eigenvalue weighted by atomic mass is 10.0. The molecule has 4 rings (SSSR count). The number of benzene rings is 2. The number of anilines is 2. The molecule has 37 heavy (non-hydrogen) atoms. The molecule has 2 aromatic carbocycles. The highest BCUT2D eigenvalue weighted by Gasteiger charge is 2.17. The summed E-state index contributed by atoms with van der Waals surface area (Å²) in [6.07, 6.45) is 5.13. The van der Waals surface area contributed by atoms with Crippen LogP contribution < -0.4 is 16.0 Å². The summed E-state index contributed by atoms with van der Waals surface area (Å²) in [5.41, 5.74) is 10.2. The second-order valence-electron chi connectivity index (χ2n) is 8.92. The number of thioether (sulfide) groups is 1. The maximum absolute atomic E-state index is 13.2. The summed E-state index contributed by atoms with van der Waals surface area (Å²) in [5, 5.41) is 11.8. The highest BCUT2D eigenvalue weighted by atomic mass is 32.2. The minimum absolute atomic E-state index is 0.103. The third-order valence-electron chi connectivity index (χ3n) is 6.21. The monoisotopic (exact) mass is 518 g/mol. The maximum Gasteiger partial charge on any atom is 0.304 e. The summed E-state index contributed by atoms with van der Waals surface area (Å²) in [5.74, 6) is -0.502. The van der Waals surface area contributed by atoms with Gasteiger partial charge in [-0.1, -0.05) is 12.1 Å². The number of carboxylic acid groups (broad SMARTS) is 1. The van der Waals surface area contributed by atoms with Crippen LogP contribution in [0.15, 0.2) is 60.8 Å². The number of carbonyl (C=O) groups excluding carboxylic acids is 2. The lowest BCUT2D eigenvalue weighted by Gasteiger charge is -2.29. The summed E-state index contributed by atoms with van der Waals surface area (Å²) in [4.78, 5) is 42.5. The Bertz CT molecular complexity index is 1290. The van der Waals surface area contributed by atoms with Gasteiger partial charge in [0, 0.05) is 53.2 Å². The van der Waals surface area contributed by atoms with Crippen LogP contribution in [0, 0.1) is 0 Å². The summed E-state index contributed by atoms with van der Waals surface area (Å²) < 4.78 is 0. The SMILES string of the molecule is NC(=O)c1ccnc(-c2cc(N3CCCCC3)ccc2NC(=O)c2cccc(CSCCC(=O)O)c2)c1. The molecule has 4 N–H and O–H groups in total. The zero-order chi connectivity index (χ0) is 26.2. The summed E-state index contributed by atoms with van der Waals surface area (Å²) in [6.45, 7) is 1.94. The smallest absolute Gasteiger partial charge is 0.304 e. The van der Waals surface area contributed by atoms with Gasteiger partial charge in [0.15, 0.2) is 0 Å². The molecule has 1 aliphatic heterocycles. The Morgan fingerprint density at radius 1 is 1.00 bits per heavy atom. The molecule has 0 bridgehead atoms. The quantitative estimate of drug-likeness (QED) is 0.329. The number of hydrogen-bond donors (Lipinski definition) is 3. The summed E-state index contributed by atoms with van der Waals surface area (Å²) in [6, 6.07) is 16.4. The van der Waals surface area contributed by atoms with Gasteiger partial charge < -0.3 is 21.1 Å². The molecule has 0 atom stereocenters. The van der Waals surface area contributed by atoms with Crippen LogP contribution in [-0.2, 0) is 10.5 Å². The van der Waals surface area contributed by atoms with E-state index in [1.54, 1.807) is 24.4 Å². The van der Waals surface area contributed by atoms with Crippen LogP contribution in [0.1, 0.15) is 52.0 Å². The van der Waals surface area contributed by atoms with Crippen molar-refractivity contribution in [2.75, 3.05) is 29.1 Å². The van der Waals surface area contributed by atoms with E-state index in [-0.39, 0.29) is 12.3 Å². The van der Waals surface area contributed by atoms with Crippen LogP contribution in [0.4, 0.5) is 11.4 Å². The molecule has 192 valence electrons. The number of carboxylic acids is 1. The lowest BCUT2D eigenvalue weighted by molar-refractivity contribution is -0.136. The fourth-order valence-corrected chi connectivity index (χ4v) is 5.16. The van der Waals surface area contributed by atoms with Crippen molar-refractivity contribution in [3.8, 4) is 11.3 Å². The van der Waals surface area contributed by atoms with Crippen molar-refractivity contribution in [1.82, 2.24) is 4.98 Å². The van der Waals surface area contributed by atoms with E-state index >= 15 is 0 Å². The highest BCUT2D eigenvalue weighted by Crippen LogP contribution is 2.33. The van der Waals surface area contributed by atoms with Gasteiger partial charge in [0.25, 0.3) is 5.91 Å². The van der Waals surface area contributed by atoms with Crippen LogP contribution in [0.5, 0.6) is 0 Å². The molecule has 1 saturated heterocycles. The van der Waals surface area contributed by atoms with Gasteiger partial charge in [-0.05, 0) is 67.3 Å². The Morgan fingerprint density at radius 2 is 1.81 bits per heavy atom. The van der Waals surface area contributed by atoms with E-state index in [0.29, 0.717) is 39.6 Å². The fraction of sp³-hybridized carbons (Fsp3) is 0.286. The van der Waals surface area contributed by atoms with E-state index in [1.165, 1.54) is 18.2 Å². The molecule has 0 aliphatic carbocycles. The number of nitrogens with zero attached hydrogens (tertiary/aromatic N) is 2.